The Hall–Kier alpha value is -0.570. The first kappa shape index (κ1) is 11.5. The highest BCUT2D eigenvalue weighted by Gasteiger charge is 2.28. The first-order chi connectivity index (χ1) is 6.39. The van der Waals surface area contributed by atoms with Gasteiger partial charge in [-0.25, -0.2) is 0 Å². The average molecular weight is 199 g/mol. The van der Waals surface area contributed by atoms with Crippen LogP contribution in [0.4, 0.5) is 0 Å². The van der Waals surface area contributed by atoms with Crippen LogP contribution >= 0.6 is 0 Å². The van der Waals surface area contributed by atoms with Crippen LogP contribution in [0.2, 0.25) is 0 Å². The molecule has 0 aromatic carbocycles. The monoisotopic (exact) mass is 199 g/mol. The number of hydrogen-bond donors (Lipinski definition) is 1. The Labute approximate surface area is 86.1 Å². The van der Waals surface area contributed by atoms with Crippen molar-refractivity contribution in [2.75, 3.05) is 13.1 Å². The van der Waals surface area contributed by atoms with Gasteiger partial charge in [0.25, 0.3) is 0 Å². The first-order valence-electron chi connectivity index (χ1n) is 5.36. The molecule has 0 saturated heterocycles. The summed E-state index contributed by atoms with van der Waals surface area (Å²) < 4.78 is 0. The molecule has 1 aliphatic carbocycles. The molecule has 1 saturated carbocycles. The SMILES string of the molecule is CC(C)(C)N(CC(=O)O)CC1CCC1. The minimum absolute atomic E-state index is 0.0337. The molecule has 3 heteroatoms. The Bertz CT molecular complexity index is 204. The van der Waals surface area contributed by atoms with Crippen LogP contribution in [0.1, 0.15) is 40.0 Å². The zero-order chi connectivity index (χ0) is 10.8. The molecule has 0 unspecified atom stereocenters. The molecule has 82 valence electrons. The van der Waals surface area contributed by atoms with Gasteiger partial charge in [-0.1, -0.05) is 6.42 Å². The Morgan fingerprint density at radius 2 is 2.00 bits per heavy atom. The molecule has 1 rings (SSSR count). The average Bonchev–Trinajstić information content (AvgIpc) is 1.90. The van der Waals surface area contributed by atoms with Crippen LogP contribution in [0.25, 0.3) is 0 Å². The van der Waals surface area contributed by atoms with Crippen molar-refractivity contribution in [3.63, 3.8) is 0 Å². The van der Waals surface area contributed by atoms with Gasteiger partial charge in [-0.15, -0.1) is 0 Å². The second-order valence-electron chi connectivity index (χ2n) is 5.24. The maximum absolute atomic E-state index is 10.7. The highest BCUT2D eigenvalue weighted by molar-refractivity contribution is 5.69. The first-order valence-corrected chi connectivity index (χ1v) is 5.36. The summed E-state index contributed by atoms with van der Waals surface area (Å²) in [6, 6.07) is 0. The number of carbonyl (C=O) groups is 1. The van der Waals surface area contributed by atoms with Gasteiger partial charge in [-0.2, -0.15) is 0 Å². The van der Waals surface area contributed by atoms with E-state index in [0.29, 0.717) is 0 Å². The fourth-order valence-electron chi connectivity index (χ4n) is 1.73. The summed E-state index contributed by atoms with van der Waals surface area (Å²) in [6.45, 7) is 7.34. The van der Waals surface area contributed by atoms with E-state index >= 15 is 0 Å². The molecule has 0 spiro atoms. The van der Waals surface area contributed by atoms with Crippen molar-refractivity contribution in [3.8, 4) is 0 Å². The van der Waals surface area contributed by atoms with Gasteiger partial charge in [-0.3, -0.25) is 9.69 Å². The standard InChI is InChI=1S/C11H21NO2/c1-11(2,3)12(8-10(13)14)7-9-5-4-6-9/h9H,4-8H2,1-3H3,(H,13,14). The van der Waals surface area contributed by atoms with Crippen molar-refractivity contribution in [2.24, 2.45) is 5.92 Å². The van der Waals surface area contributed by atoms with Gasteiger partial charge in [0.1, 0.15) is 0 Å². The Kier molecular flexibility index (Phi) is 3.53. The van der Waals surface area contributed by atoms with Crippen molar-refractivity contribution in [1.29, 1.82) is 0 Å². The molecular weight excluding hydrogens is 178 g/mol. The van der Waals surface area contributed by atoms with Gasteiger partial charge < -0.3 is 5.11 Å². The van der Waals surface area contributed by atoms with Crippen molar-refractivity contribution in [2.45, 2.75) is 45.6 Å². The van der Waals surface area contributed by atoms with Crippen LogP contribution in [-0.2, 0) is 4.79 Å². The molecule has 0 radical (unpaired) electrons. The molecule has 0 aromatic rings. The molecule has 0 bridgehead atoms. The van der Waals surface area contributed by atoms with Gasteiger partial charge in [0.15, 0.2) is 0 Å². The number of carboxylic acids is 1. The fraction of sp³-hybridized carbons (Fsp3) is 0.909. The predicted octanol–water partition coefficient (Wildman–Crippen LogP) is 1.97. The zero-order valence-corrected chi connectivity index (χ0v) is 9.42. The lowest BCUT2D eigenvalue weighted by molar-refractivity contribution is -0.140. The summed E-state index contributed by atoms with van der Waals surface area (Å²) in [6.07, 6.45) is 3.86. The minimum atomic E-state index is -0.723. The molecule has 1 N–H and O–H groups in total. The van der Waals surface area contributed by atoms with E-state index in [1.54, 1.807) is 0 Å². The summed E-state index contributed by atoms with van der Waals surface area (Å²) >= 11 is 0. The molecule has 1 aliphatic rings. The van der Waals surface area contributed by atoms with E-state index in [1.165, 1.54) is 19.3 Å². The summed E-state index contributed by atoms with van der Waals surface area (Å²) in [5.41, 5.74) is -0.0337. The number of aliphatic carboxylic acids is 1. The minimum Gasteiger partial charge on any atom is -0.480 e. The molecular formula is C11H21NO2. The Morgan fingerprint density at radius 1 is 1.43 bits per heavy atom. The molecule has 0 amide bonds. The van der Waals surface area contributed by atoms with E-state index in [2.05, 4.69) is 25.7 Å². The van der Waals surface area contributed by atoms with E-state index in [-0.39, 0.29) is 12.1 Å². The number of rotatable bonds is 4. The summed E-state index contributed by atoms with van der Waals surface area (Å²) in [5, 5.41) is 8.81. The number of nitrogens with zero attached hydrogens (tertiary/aromatic N) is 1. The van der Waals surface area contributed by atoms with Crippen molar-refractivity contribution in [1.82, 2.24) is 4.90 Å². The predicted molar refractivity (Wildman–Crippen MR) is 56.3 cm³/mol. The molecule has 0 heterocycles. The third-order valence-corrected chi connectivity index (χ3v) is 2.98. The third-order valence-electron chi connectivity index (χ3n) is 2.98. The second-order valence-corrected chi connectivity index (χ2v) is 5.24. The highest BCUT2D eigenvalue weighted by Crippen LogP contribution is 2.29. The largest absolute Gasteiger partial charge is 0.480 e. The van der Waals surface area contributed by atoms with Gasteiger partial charge in [0.05, 0.1) is 6.54 Å². The van der Waals surface area contributed by atoms with Crippen molar-refractivity contribution >= 4 is 5.97 Å². The summed E-state index contributed by atoms with van der Waals surface area (Å²) in [5.74, 6) is 0.00724. The third kappa shape index (κ3) is 3.29. The zero-order valence-electron chi connectivity index (χ0n) is 9.42. The summed E-state index contributed by atoms with van der Waals surface area (Å²) in [4.78, 5) is 12.8. The Morgan fingerprint density at radius 3 is 2.29 bits per heavy atom. The van der Waals surface area contributed by atoms with Crippen LogP contribution in [0.5, 0.6) is 0 Å². The van der Waals surface area contributed by atoms with Crippen LogP contribution < -0.4 is 0 Å². The van der Waals surface area contributed by atoms with Gasteiger partial charge in [0.2, 0.25) is 0 Å². The second kappa shape index (κ2) is 4.30. The topological polar surface area (TPSA) is 40.5 Å². The maximum Gasteiger partial charge on any atom is 0.317 e. The molecule has 0 aromatic heterocycles. The fourth-order valence-corrected chi connectivity index (χ4v) is 1.73. The van der Waals surface area contributed by atoms with E-state index in [4.69, 9.17) is 5.11 Å². The normalized spacial score (nSPS) is 18.3. The van der Waals surface area contributed by atoms with Crippen LogP contribution in [-0.4, -0.2) is 34.6 Å². The van der Waals surface area contributed by atoms with E-state index in [0.717, 1.165) is 12.5 Å². The molecule has 14 heavy (non-hydrogen) atoms. The van der Waals surface area contributed by atoms with Gasteiger partial charge >= 0.3 is 5.97 Å². The van der Waals surface area contributed by atoms with Gasteiger partial charge in [-0.05, 0) is 39.5 Å². The lowest BCUT2D eigenvalue weighted by atomic mass is 9.84. The van der Waals surface area contributed by atoms with Crippen molar-refractivity contribution < 1.29 is 9.90 Å². The Balaban J connectivity index is 2.47. The smallest absolute Gasteiger partial charge is 0.317 e. The van der Waals surface area contributed by atoms with Gasteiger partial charge in [0, 0.05) is 12.1 Å². The van der Waals surface area contributed by atoms with E-state index < -0.39 is 5.97 Å². The molecule has 1 fully saturated rings. The van der Waals surface area contributed by atoms with Crippen molar-refractivity contribution in [3.05, 3.63) is 0 Å². The molecule has 0 atom stereocenters. The van der Waals surface area contributed by atoms with E-state index in [1.807, 2.05) is 0 Å². The van der Waals surface area contributed by atoms with Crippen LogP contribution in [0, 0.1) is 5.92 Å². The number of carboxylic acid groups (broad SMARTS) is 1. The summed E-state index contributed by atoms with van der Waals surface area (Å²) in [7, 11) is 0. The highest BCUT2D eigenvalue weighted by atomic mass is 16.4. The number of hydrogen-bond acceptors (Lipinski definition) is 2. The quantitative estimate of drug-likeness (QED) is 0.752. The lowest BCUT2D eigenvalue weighted by Crippen LogP contribution is -2.47. The molecule has 0 aliphatic heterocycles. The maximum atomic E-state index is 10.7. The van der Waals surface area contributed by atoms with E-state index in [9.17, 15) is 4.79 Å². The molecule has 3 nitrogen and oxygen atoms in total. The van der Waals surface area contributed by atoms with Crippen LogP contribution in [0.3, 0.4) is 0 Å². The lowest BCUT2D eigenvalue weighted by Gasteiger charge is -2.39. The van der Waals surface area contributed by atoms with Crippen LogP contribution in [0.15, 0.2) is 0 Å².